The van der Waals surface area contributed by atoms with E-state index in [0.717, 1.165) is 32.1 Å². The summed E-state index contributed by atoms with van der Waals surface area (Å²) in [5, 5.41) is 13.5. The van der Waals surface area contributed by atoms with Crippen LogP contribution >= 0.6 is 0 Å². The maximum Gasteiger partial charge on any atom is 0.314 e. The molecule has 0 bridgehead atoms. The van der Waals surface area contributed by atoms with Crippen molar-refractivity contribution in [3.05, 3.63) is 70.0 Å². The number of aromatic nitrogens is 2. The number of esters is 1. The van der Waals surface area contributed by atoms with E-state index in [1.165, 1.54) is 6.21 Å². The van der Waals surface area contributed by atoms with Crippen molar-refractivity contribution in [3.63, 3.8) is 0 Å². The molecule has 2 N–H and O–H groups in total. The number of benzene rings is 2. The molecular formula is C27H27N5O4. The van der Waals surface area contributed by atoms with Crippen LogP contribution in [0.3, 0.4) is 0 Å². The van der Waals surface area contributed by atoms with Crippen molar-refractivity contribution < 1.29 is 14.3 Å². The van der Waals surface area contributed by atoms with Crippen LogP contribution < -0.4 is 20.5 Å². The first-order valence-corrected chi connectivity index (χ1v) is 12.0. The lowest BCUT2D eigenvalue weighted by Gasteiger charge is -2.20. The Morgan fingerprint density at radius 1 is 1.19 bits per heavy atom. The number of nitrogens with zero attached hydrogens (tertiary/aromatic N) is 3. The lowest BCUT2D eigenvalue weighted by Crippen LogP contribution is -2.23. The second kappa shape index (κ2) is 11.8. The average Bonchev–Trinajstić information content (AvgIpc) is 2.91. The molecule has 0 saturated heterocycles. The van der Waals surface area contributed by atoms with Crippen molar-refractivity contribution in [2.45, 2.75) is 39.0 Å². The molecule has 1 heterocycles. The Morgan fingerprint density at radius 3 is 2.69 bits per heavy atom. The highest BCUT2D eigenvalue weighted by atomic mass is 16.6. The van der Waals surface area contributed by atoms with Gasteiger partial charge in [-0.05, 0) is 43.5 Å². The number of hydrogen-bond donors (Lipinski definition) is 2. The van der Waals surface area contributed by atoms with Gasteiger partial charge in [-0.2, -0.15) is 10.4 Å². The third kappa shape index (κ3) is 5.96. The molecule has 1 aliphatic rings. The maximum absolute atomic E-state index is 12.6. The van der Waals surface area contributed by atoms with Crippen molar-refractivity contribution in [3.8, 4) is 28.8 Å². The Balaban J connectivity index is 1.50. The fourth-order valence-electron chi connectivity index (χ4n) is 4.09. The Morgan fingerprint density at radius 2 is 1.97 bits per heavy atom. The zero-order valence-electron chi connectivity index (χ0n) is 20.0. The van der Waals surface area contributed by atoms with Crippen molar-refractivity contribution in [2.75, 3.05) is 12.0 Å². The summed E-state index contributed by atoms with van der Waals surface area (Å²) in [5.74, 6) is 0.632. The molecule has 9 heteroatoms. The Bertz CT molecular complexity index is 1340. The van der Waals surface area contributed by atoms with E-state index >= 15 is 0 Å². The summed E-state index contributed by atoms with van der Waals surface area (Å²) in [4.78, 5) is 31.8. The van der Waals surface area contributed by atoms with Crippen LogP contribution in [0.2, 0.25) is 0 Å². The highest BCUT2D eigenvalue weighted by molar-refractivity contribution is 5.82. The van der Waals surface area contributed by atoms with Gasteiger partial charge in [0.15, 0.2) is 11.5 Å². The monoisotopic (exact) mass is 485 g/mol. The second-order valence-electron chi connectivity index (χ2n) is 8.38. The molecule has 36 heavy (non-hydrogen) atoms. The first kappa shape index (κ1) is 24.7. The molecule has 1 saturated carbocycles. The van der Waals surface area contributed by atoms with E-state index in [1.54, 1.807) is 42.5 Å². The number of rotatable bonds is 8. The molecule has 2 aromatic carbocycles. The molecule has 0 unspecified atom stereocenters. The summed E-state index contributed by atoms with van der Waals surface area (Å²) in [7, 11) is 0. The smallest absolute Gasteiger partial charge is 0.314 e. The van der Waals surface area contributed by atoms with Gasteiger partial charge in [-0.25, -0.2) is 10.4 Å². The minimum Gasteiger partial charge on any atom is -0.490 e. The highest BCUT2D eigenvalue weighted by Gasteiger charge is 2.24. The van der Waals surface area contributed by atoms with Crippen LogP contribution in [0, 0.1) is 17.2 Å². The van der Waals surface area contributed by atoms with Crippen molar-refractivity contribution in [1.29, 1.82) is 5.26 Å². The predicted molar refractivity (Wildman–Crippen MR) is 136 cm³/mol. The Labute approximate surface area is 208 Å². The molecule has 184 valence electrons. The molecule has 1 aromatic heterocycles. The third-order valence-corrected chi connectivity index (χ3v) is 5.88. The van der Waals surface area contributed by atoms with E-state index in [4.69, 9.17) is 9.47 Å². The highest BCUT2D eigenvalue weighted by Crippen LogP contribution is 2.31. The van der Waals surface area contributed by atoms with Gasteiger partial charge < -0.3 is 9.47 Å². The van der Waals surface area contributed by atoms with E-state index in [-0.39, 0.29) is 29.1 Å². The number of hydrogen-bond acceptors (Lipinski definition) is 8. The number of aromatic amines is 1. The van der Waals surface area contributed by atoms with Crippen molar-refractivity contribution in [1.82, 2.24) is 9.97 Å². The first-order chi connectivity index (χ1) is 17.6. The van der Waals surface area contributed by atoms with E-state index < -0.39 is 5.56 Å². The van der Waals surface area contributed by atoms with Crippen LogP contribution in [0.15, 0.2) is 58.4 Å². The number of H-pyrrole nitrogens is 1. The quantitative estimate of drug-likeness (QED) is 0.206. The van der Waals surface area contributed by atoms with Gasteiger partial charge in [0.25, 0.3) is 5.56 Å². The number of carbonyl (C=O) groups is 1. The normalized spacial score (nSPS) is 13.8. The molecule has 4 rings (SSSR count). The fraction of sp³-hybridized carbons (Fsp3) is 0.296. The summed E-state index contributed by atoms with van der Waals surface area (Å²) >= 11 is 0. The minimum atomic E-state index is -0.563. The van der Waals surface area contributed by atoms with Crippen molar-refractivity contribution >= 4 is 18.1 Å². The number of nitriles is 1. The summed E-state index contributed by atoms with van der Waals surface area (Å²) in [6, 6.07) is 16.1. The third-order valence-electron chi connectivity index (χ3n) is 5.88. The topological polar surface area (TPSA) is 129 Å². The molecule has 0 spiro atoms. The van der Waals surface area contributed by atoms with Gasteiger partial charge in [0.2, 0.25) is 5.95 Å². The summed E-state index contributed by atoms with van der Waals surface area (Å²) in [6.45, 7) is 2.26. The molecule has 0 amide bonds. The van der Waals surface area contributed by atoms with E-state index in [2.05, 4.69) is 20.5 Å². The maximum atomic E-state index is 12.6. The summed E-state index contributed by atoms with van der Waals surface area (Å²) in [6.07, 6.45) is 6.50. The van der Waals surface area contributed by atoms with Gasteiger partial charge in [-0.1, -0.05) is 49.6 Å². The van der Waals surface area contributed by atoms with Crippen LogP contribution in [0.4, 0.5) is 5.95 Å². The lowest BCUT2D eigenvalue weighted by atomic mass is 9.89. The predicted octanol–water partition coefficient (Wildman–Crippen LogP) is 4.64. The fourth-order valence-corrected chi connectivity index (χ4v) is 4.09. The first-order valence-electron chi connectivity index (χ1n) is 12.0. The van der Waals surface area contributed by atoms with Crippen molar-refractivity contribution in [2.24, 2.45) is 11.0 Å². The molecule has 1 aliphatic carbocycles. The van der Waals surface area contributed by atoms with E-state index in [1.807, 2.05) is 19.1 Å². The van der Waals surface area contributed by atoms with Gasteiger partial charge in [-0.3, -0.25) is 14.6 Å². The molecule has 3 aromatic rings. The Kier molecular flexibility index (Phi) is 8.08. The standard InChI is InChI=1S/C27H27N5O4/c1-2-35-23-15-18(13-14-22(23)36-26(34)20-11-7-4-8-12-20)17-29-32-27-30-24(19-9-5-3-6-10-19)21(16-28)25(33)31-27/h3,5-6,9-10,13-15,17,20H,2,4,7-8,11-12H2,1H3,(H2,30,31,32,33). The number of nitrogens with one attached hydrogen (secondary N) is 2. The SMILES string of the molecule is CCOc1cc(C=NNc2nc(-c3ccccc3)c(C#N)c(=O)[nH]2)ccc1OC(=O)C1CCCCC1. The molecule has 0 atom stereocenters. The molecule has 0 aliphatic heterocycles. The minimum absolute atomic E-state index is 0.0680. The summed E-state index contributed by atoms with van der Waals surface area (Å²) in [5.41, 5.74) is 3.66. The van der Waals surface area contributed by atoms with Gasteiger partial charge >= 0.3 is 5.97 Å². The molecule has 0 radical (unpaired) electrons. The van der Waals surface area contributed by atoms with Gasteiger partial charge in [-0.15, -0.1) is 0 Å². The Hall–Kier alpha value is -4.45. The molecular weight excluding hydrogens is 458 g/mol. The zero-order valence-corrected chi connectivity index (χ0v) is 20.0. The van der Waals surface area contributed by atoms with Gasteiger partial charge in [0, 0.05) is 5.56 Å². The zero-order chi connectivity index (χ0) is 25.3. The lowest BCUT2D eigenvalue weighted by molar-refractivity contribution is -0.140. The number of hydrazone groups is 1. The van der Waals surface area contributed by atoms with Crippen LogP contribution in [-0.2, 0) is 4.79 Å². The van der Waals surface area contributed by atoms with E-state index in [9.17, 15) is 14.9 Å². The number of carbonyl (C=O) groups excluding carboxylic acids is 1. The van der Waals surface area contributed by atoms with Crippen LogP contribution in [-0.4, -0.2) is 28.8 Å². The second-order valence-corrected chi connectivity index (χ2v) is 8.38. The van der Waals surface area contributed by atoms with Crippen LogP contribution in [0.1, 0.15) is 50.2 Å². The van der Waals surface area contributed by atoms with Gasteiger partial charge in [0.1, 0.15) is 11.6 Å². The number of anilines is 1. The summed E-state index contributed by atoms with van der Waals surface area (Å²) < 4.78 is 11.3. The van der Waals surface area contributed by atoms with Gasteiger partial charge in [0.05, 0.1) is 24.4 Å². The molecule has 1 fully saturated rings. The average molecular weight is 486 g/mol. The number of ether oxygens (including phenoxy) is 2. The molecule has 9 nitrogen and oxygen atoms in total. The van der Waals surface area contributed by atoms with Crippen LogP contribution in [0.25, 0.3) is 11.3 Å². The van der Waals surface area contributed by atoms with E-state index in [0.29, 0.717) is 29.2 Å². The largest absolute Gasteiger partial charge is 0.490 e. The van der Waals surface area contributed by atoms with Crippen LogP contribution in [0.5, 0.6) is 11.5 Å².